The zero-order chi connectivity index (χ0) is 9.26. The molecule has 4 nitrogen and oxygen atoms in total. The van der Waals surface area contributed by atoms with E-state index in [4.69, 9.17) is 16.3 Å². The summed E-state index contributed by atoms with van der Waals surface area (Å²) in [7, 11) is 0. The van der Waals surface area contributed by atoms with E-state index in [9.17, 15) is 4.79 Å². The van der Waals surface area contributed by atoms with Crippen molar-refractivity contribution in [1.29, 1.82) is 0 Å². The smallest absolute Gasteiger partial charge is 0.263 e. The molecule has 0 bridgehead atoms. The van der Waals surface area contributed by atoms with Crippen LogP contribution in [-0.4, -0.2) is 17.5 Å². The van der Waals surface area contributed by atoms with E-state index >= 15 is 0 Å². The molecule has 1 aromatic rings. The van der Waals surface area contributed by atoms with Crippen molar-refractivity contribution in [3.8, 4) is 5.75 Å². The quantitative estimate of drug-likeness (QED) is 0.689. The van der Waals surface area contributed by atoms with Crippen molar-refractivity contribution in [2.45, 2.75) is 5.88 Å². The Morgan fingerprint density at radius 3 is 3.23 bits per heavy atom. The molecule has 0 fully saturated rings. The number of ether oxygens (including phenoxy) is 1. The minimum Gasteiger partial charge on any atom is -0.480 e. The topological polar surface area (TPSA) is 51.2 Å². The molecule has 0 aliphatic carbocycles. The van der Waals surface area contributed by atoms with Crippen LogP contribution in [0, 0.1) is 0 Å². The molecular formula is C8H7ClN2O2. The summed E-state index contributed by atoms with van der Waals surface area (Å²) < 4.78 is 5.12. The minimum absolute atomic E-state index is 0.0505. The molecule has 0 saturated carbocycles. The number of nitrogens with zero attached hydrogens (tertiary/aromatic N) is 1. The Bertz CT molecular complexity index is 354. The van der Waals surface area contributed by atoms with Gasteiger partial charge in [-0.25, -0.2) is 4.98 Å². The Labute approximate surface area is 79.9 Å². The van der Waals surface area contributed by atoms with E-state index in [0.717, 1.165) is 0 Å². The number of carbonyl (C=O) groups is 1. The second-order valence-corrected chi connectivity index (χ2v) is 2.89. The molecule has 0 aromatic carbocycles. The molecular weight excluding hydrogens is 192 g/mol. The Kier molecular flexibility index (Phi) is 2.06. The summed E-state index contributed by atoms with van der Waals surface area (Å²) in [4.78, 5) is 15.0. The number of pyridine rings is 1. The average molecular weight is 199 g/mol. The fourth-order valence-corrected chi connectivity index (χ4v) is 1.23. The van der Waals surface area contributed by atoms with Crippen molar-refractivity contribution in [2.75, 3.05) is 11.9 Å². The Balaban J connectivity index is 2.38. The normalized spacial score (nSPS) is 14.4. The predicted octanol–water partition coefficient (Wildman–Crippen LogP) is 1.15. The zero-order valence-electron chi connectivity index (χ0n) is 6.71. The molecule has 1 amide bonds. The van der Waals surface area contributed by atoms with Crippen molar-refractivity contribution < 1.29 is 9.53 Å². The van der Waals surface area contributed by atoms with Crippen LogP contribution in [-0.2, 0) is 10.7 Å². The van der Waals surface area contributed by atoms with Crippen LogP contribution in [0.5, 0.6) is 5.75 Å². The van der Waals surface area contributed by atoms with Gasteiger partial charge in [-0.2, -0.15) is 0 Å². The molecule has 1 aliphatic heterocycles. The van der Waals surface area contributed by atoms with Crippen LogP contribution >= 0.6 is 11.6 Å². The standard InChI is InChI=1S/C8H7ClN2O2/c9-3-5-1-2-6-8(10-5)11-7(12)4-13-6/h1-2H,3-4H2,(H,10,11,12). The van der Waals surface area contributed by atoms with E-state index in [1.807, 2.05) is 0 Å². The summed E-state index contributed by atoms with van der Waals surface area (Å²) in [6, 6.07) is 3.52. The third-order valence-electron chi connectivity index (χ3n) is 1.67. The Morgan fingerprint density at radius 1 is 1.62 bits per heavy atom. The summed E-state index contributed by atoms with van der Waals surface area (Å²) in [6.07, 6.45) is 0. The van der Waals surface area contributed by atoms with Gasteiger partial charge in [-0.15, -0.1) is 11.6 Å². The second kappa shape index (κ2) is 3.22. The molecule has 5 heteroatoms. The lowest BCUT2D eigenvalue weighted by Crippen LogP contribution is -2.26. The first-order chi connectivity index (χ1) is 6.29. The lowest BCUT2D eigenvalue weighted by molar-refractivity contribution is -0.118. The molecule has 13 heavy (non-hydrogen) atoms. The van der Waals surface area contributed by atoms with E-state index in [0.29, 0.717) is 23.1 Å². The summed E-state index contributed by atoms with van der Waals surface area (Å²) in [5.74, 6) is 1.18. The number of fused-ring (bicyclic) bond motifs is 1. The van der Waals surface area contributed by atoms with Crippen LogP contribution in [0.4, 0.5) is 5.82 Å². The van der Waals surface area contributed by atoms with E-state index < -0.39 is 0 Å². The number of hydrogen-bond donors (Lipinski definition) is 1. The third kappa shape index (κ3) is 1.58. The zero-order valence-corrected chi connectivity index (χ0v) is 7.47. The van der Waals surface area contributed by atoms with Crippen LogP contribution < -0.4 is 10.1 Å². The van der Waals surface area contributed by atoms with Crippen molar-refractivity contribution in [2.24, 2.45) is 0 Å². The molecule has 1 aromatic heterocycles. The van der Waals surface area contributed by atoms with Gasteiger partial charge in [0.25, 0.3) is 5.91 Å². The number of rotatable bonds is 1. The number of alkyl halides is 1. The number of halogens is 1. The van der Waals surface area contributed by atoms with Gasteiger partial charge in [0.1, 0.15) is 0 Å². The van der Waals surface area contributed by atoms with Crippen molar-refractivity contribution in [1.82, 2.24) is 4.98 Å². The predicted molar refractivity (Wildman–Crippen MR) is 47.9 cm³/mol. The van der Waals surface area contributed by atoms with Gasteiger partial charge >= 0.3 is 0 Å². The van der Waals surface area contributed by atoms with Gasteiger partial charge in [0.2, 0.25) is 0 Å². The highest BCUT2D eigenvalue weighted by atomic mass is 35.5. The first-order valence-corrected chi connectivity index (χ1v) is 4.31. The highest BCUT2D eigenvalue weighted by Gasteiger charge is 2.16. The van der Waals surface area contributed by atoms with Gasteiger partial charge in [-0.1, -0.05) is 0 Å². The summed E-state index contributed by atoms with van der Waals surface area (Å²) in [5.41, 5.74) is 0.714. The van der Waals surface area contributed by atoms with Crippen molar-refractivity contribution in [3.63, 3.8) is 0 Å². The molecule has 2 heterocycles. The van der Waals surface area contributed by atoms with Crippen LogP contribution in [0.3, 0.4) is 0 Å². The summed E-state index contributed by atoms with van der Waals surface area (Å²) in [6.45, 7) is 0.0505. The number of anilines is 1. The lowest BCUT2D eigenvalue weighted by Gasteiger charge is -2.16. The van der Waals surface area contributed by atoms with Gasteiger partial charge in [0.05, 0.1) is 11.6 Å². The average Bonchev–Trinajstić information content (AvgIpc) is 2.16. The van der Waals surface area contributed by atoms with Crippen molar-refractivity contribution in [3.05, 3.63) is 17.8 Å². The molecule has 1 N–H and O–H groups in total. The third-order valence-corrected chi connectivity index (χ3v) is 1.94. The van der Waals surface area contributed by atoms with Gasteiger partial charge in [-0.05, 0) is 12.1 Å². The molecule has 0 atom stereocenters. The van der Waals surface area contributed by atoms with Gasteiger partial charge < -0.3 is 10.1 Å². The van der Waals surface area contributed by atoms with Gasteiger partial charge in [0, 0.05) is 0 Å². The number of amides is 1. The van der Waals surface area contributed by atoms with Crippen LogP contribution in [0.2, 0.25) is 0 Å². The lowest BCUT2D eigenvalue weighted by atomic mass is 10.3. The fourth-order valence-electron chi connectivity index (χ4n) is 1.08. The second-order valence-electron chi connectivity index (χ2n) is 2.62. The van der Waals surface area contributed by atoms with E-state index in [-0.39, 0.29) is 12.5 Å². The largest absolute Gasteiger partial charge is 0.480 e. The monoisotopic (exact) mass is 198 g/mol. The number of nitrogens with one attached hydrogen (secondary N) is 1. The number of aromatic nitrogens is 1. The Hall–Kier alpha value is -1.29. The molecule has 0 radical (unpaired) electrons. The maximum absolute atomic E-state index is 10.9. The number of carbonyl (C=O) groups excluding carboxylic acids is 1. The first kappa shape index (κ1) is 8.31. The summed E-state index contributed by atoms with van der Waals surface area (Å²) >= 11 is 5.59. The summed E-state index contributed by atoms with van der Waals surface area (Å²) in [5, 5.41) is 2.60. The highest BCUT2D eigenvalue weighted by Crippen LogP contribution is 2.25. The molecule has 68 valence electrons. The van der Waals surface area contributed by atoms with Crippen LogP contribution in [0.25, 0.3) is 0 Å². The minimum atomic E-state index is -0.188. The maximum Gasteiger partial charge on any atom is 0.263 e. The SMILES string of the molecule is O=C1COc2ccc(CCl)nc2N1. The van der Waals surface area contributed by atoms with Crippen LogP contribution in [0.1, 0.15) is 5.69 Å². The molecule has 0 unspecified atom stereocenters. The van der Waals surface area contributed by atoms with Gasteiger partial charge in [-0.3, -0.25) is 4.79 Å². The van der Waals surface area contributed by atoms with Crippen LogP contribution in [0.15, 0.2) is 12.1 Å². The fraction of sp³-hybridized carbons (Fsp3) is 0.250. The maximum atomic E-state index is 10.9. The molecule has 1 aliphatic rings. The number of hydrogen-bond acceptors (Lipinski definition) is 3. The highest BCUT2D eigenvalue weighted by molar-refractivity contribution is 6.16. The molecule has 0 saturated heterocycles. The molecule has 2 rings (SSSR count). The first-order valence-electron chi connectivity index (χ1n) is 3.78. The van der Waals surface area contributed by atoms with E-state index in [1.165, 1.54) is 0 Å². The van der Waals surface area contributed by atoms with E-state index in [1.54, 1.807) is 12.1 Å². The van der Waals surface area contributed by atoms with Crippen molar-refractivity contribution >= 4 is 23.3 Å². The molecule has 0 spiro atoms. The van der Waals surface area contributed by atoms with E-state index in [2.05, 4.69) is 10.3 Å². The Morgan fingerprint density at radius 2 is 2.46 bits per heavy atom. The van der Waals surface area contributed by atoms with Gasteiger partial charge in [0.15, 0.2) is 18.2 Å².